The molecule has 2 aromatic carbocycles. The highest BCUT2D eigenvalue weighted by Gasteiger charge is 2.08. The van der Waals surface area contributed by atoms with Gasteiger partial charge in [0.25, 0.3) is 0 Å². The van der Waals surface area contributed by atoms with Crippen molar-refractivity contribution in [3.63, 3.8) is 0 Å². The zero-order valence-electron chi connectivity index (χ0n) is 12.3. The van der Waals surface area contributed by atoms with Gasteiger partial charge in [0, 0.05) is 22.6 Å². The van der Waals surface area contributed by atoms with E-state index < -0.39 is 0 Å². The van der Waals surface area contributed by atoms with Crippen LogP contribution in [0.2, 0.25) is 10.0 Å². The second kappa shape index (κ2) is 8.18. The quantitative estimate of drug-likeness (QED) is 0.838. The van der Waals surface area contributed by atoms with Crippen LogP contribution in [0.5, 0.6) is 0 Å². The fraction of sp³-hybridized carbons (Fsp3) is 0.235. The van der Waals surface area contributed by atoms with E-state index in [0.29, 0.717) is 16.6 Å². The number of hydrogen-bond acceptors (Lipinski definition) is 2. The first-order valence-electron chi connectivity index (χ1n) is 7.04. The zero-order valence-corrected chi connectivity index (χ0v) is 13.8. The first-order chi connectivity index (χ1) is 10.5. The Labute approximate surface area is 140 Å². The fourth-order valence-electron chi connectivity index (χ4n) is 2.05. The van der Waals surface area contributed by atoms with Crippen LogP contribution in [0.4, 0.5) is 0 Å². The molecule has 0 aromatic heterocycles. The third-order valence-corrected chi connectivity index (χ3v) is 3.77. The molecule has 3 nitrogen and oxygen atoms in total. The van der Waals surface area contributed by atoms with Gasteiger partial charge in [-0.2, -0.15) is 0 Å². The highest BCUT2D eigenvalue weighted by Crippen LogP contribution is 2.17. The molecule has 0 saturated carbocycles. The number of hydrogen-bond donors (Lipinski definition) is 2. The number of halogens is 2. The van der Waals surface area contributed by atoms with Gasteiger partial charge < -0.3 is 10.6 Å². The van der Waals surface area contributed by atoms with Gasteiger partial charge >= 0.3 is 0 Å². The number of rotatable bonds is 6. The molecule has 2 N–H and O–H groups in total. The fourth-order valence-corrected chi connectivity index (χ4v) is 2.46. The molecule has 0 aliphatic heterocycles. The van der Waals surface area contributed by atoms with Gasteiger partial charge in [-0.05, 0) is 42.3 Å². The Balaban J connectivity index is 1.78. The minimum Gasteiger partial charge on any atom is -0.351 e. The smallest absolute Gasteiger partial charge is 0.234 e. The summed E-state index contributed by atoms with van der Waals surface area (Å²) >= 11 is 11.9. The van der Waals surface area contributed by atoms with Crippen LogP contribution in [0.3, 0.4) is 0 Å². The molecule has 2 rings (SSSR count). The van der Waals surface area contributed by atoms with E-state index in [-0.39, 0.29) is 18.5 Å². The lowest BCUT2D eigenvalue weighted by Crippen LogP contribution is -2.34. The van der Waals surface area contributed by atoms with Gasteiger partial charge in [-0.15, -0.1) is 0 Å². The molecule has 0 heterocycles. The Bertz CT molecular complexity index is 646. The van der Waals surface area contributed by atoms with E-state index in [0.717, 1.165) is 11.1 Å². The molecule has 22 heavy (non-hydrogen) atoms. The van der Waals surface area contributed by atoms with E-state index in [1.54, 1.807) is 6.07 Å². The monoisotopic (exact) mass is 336 g/mol. The zero-order chi connectivity index (χ0) is 15.9. The van der Waals surface area contributed by atoms with Gasteiger partial charge in [0.15, 0.2) is 0 Å². The molecule has 0 aliphatic carbocycles. The van der Waals surface area contributed by atoms with E-state index in [1.807, 2.05) is 49.4 Å². The molecule has 0 saturated heterocycles. The first-order valence-corrected chi connectivity index (χ1v) is 7.80. The summed E-state index contributed by atoms with van der Waals surface area (Å²) in [7, 11) is 0. The summed E-state index contributed by atoms with van der Waals surface area (Å²) in [6.45, 7) is 2.71. The average Bonchev–Trinajstić information content (AvgIpc) is 2.50. The molecule has 0 radical (unpaired) electrons. The van der Waals surface area contributed by atoms with E-state index >= 15 is 0 Å². The maximum atomic E-state index is 11.9. The SMILES string of the molecule is C[C@@H](NCC(=O)NCc1cccc(Cl)c1)c1cccc(Cl)c1. The summed E-state index contributed by atoms with van der Waals surface area (Å²) in [5, 5.41) is 7.39. The number of carbonyl (C=O) groups is 1. The Morgan fingerprint density at radius 3 is 2.45 bits per heavy atom. The van der Waals surface area contributed by atoms with Crippen molar-refractivity contribution in [1.82, 2.24) is 10.6 Å². The number of amides is 1. The molecule has 116 valence electrons. The molecule has 0 unspecified atom stereocenters. The molecule has 0 bridgehead atoms. The van der Waals surface area contributed by atoms with Crippen molar-refractivity contribution in [1.29, 1.82) is 0 Å². The van der Waals surface area contributed by atoms with Crippen LogP contribution in [-0.2, 0) is 11.3 Å². The summed E-state index contributed by atoms with van der Waals surface area (Å²) in [4.78, 5) is 11.9. The van der Waals surface area contributed by atoms with Crippen molar-refractivity contribution in [2.45, 2.75) is 19.5 Å². The van der Waals surface area contributed by atoms with Crippen LogP contribution in [0, 0.1) is 0 Å². The van der Waals surface area contributed by atoms with Crippen molar-refractivity contribution < 1.29 is 4.79 Å². The Kier molecular flexibility index (Phi) is 6.25. The van der Waals surface area contributed by atoms with Gasteiger partial charge in [0.1, 0.15) is 0 Å². The summed E-state index contributed by atoms with van der Waals surface area (Å²) in [6.07, 6.45) is 0. The van der Waals surface area contributed by atoms with Crippen LogP contribution < -0.4 is 10.6 Å². The largest absolute Gasteiger partial charge is 0.351 e. The molecule has 1 amide bonds. The third-order valence-electron chi connectivity index (χ3n) is 3.30. The molecule has 0 fully saturated rings. The summed E-state index contributed by atoms with van der Waals surface area (Å²) in [6, 6.07) is 15.1. The van der Waals surface area contributed by atoms with Gasteiger partial charge in [-0.25, -0.2) is 0 Å². The second-order valence-electron chi connectivity index (χ2n) is 5.06. The molecule has 0 aliphatic rings. The minimum absolute atomic E-state index is 0.0515. The van der Waals surface area contributed by atoms with E-state index in [1.165, 1.54) is 0 Å². The maximum absolute atomic E-state index is 11.9. The number of nitrogens with one attached hydrogen (secondary N) is 2. The number of benzene rings is 2. The lowest BCUT2D eigenvalue weighted by molar-refractivity contribution is -0.120. The average molecular weight is 337 g/mol. The predicted octanol–water partition coefficient (Wildman–Crippen LogP) is 3.96. The normalized spacial score (nSPS) is 12.0. The highest BCUT2D eigenvalue weighted by atomic mass is 35.5. The minimum atomic E-state index is -0.0612. The van der Waals surface area contributed by atoms with Crippen molar-refractivity contribution >= 4 is 29.1 Å². The van der Waals surface area contributed by atoms with E-state index in [2.05, 4.69) is 10.6 Å². The second-order valence-corrected chi connectivity index (χ2v) is 5.94. The van der Waals surface area contributed by atoms with Crippen LogP contribution in [0.15, 0.2) is 48.5 Å². The maximum Gasteiger partial charge on any atom is 0.234 e. The Morgan fingerprint density at radius 2 is 1.77 bits per heavy atom. The molecular weight excluding hydrogens is 319 g/mol. The van der Waals surface area contributed by atoms with Gasteiger partial charge in [-0.3, -0.25) is 4.79 Å². The summed E-state index contributed by atoms with van der Waals surface area (Å²) in [5.41, 5.74) is 2.03. The third kappa shape index (κ3) is 5.34. The van der Waals surface area contributed by atoms with Crippen LogP contribution >= 0.6 is 23.2 Å². The summed E-state index contributed by atoms with van der Waals surface area (Å²) in [5.74, 6) is -0.0612. The molecular formula is C17H18Cl2N2O. The lowest BCUT2D eigenvalue weighted by Gasteiger charge is -2.14. The van der Waals surface area contributed by atoms with Crippen LogP contribution in [0.25, 0.3) is 0 Å². The Hall–Kier alpha value is -1.55. The predicted molar refractivity (Wildman–Crippen MR) is 91.2 cm³/mol. The molecule has 2 aromatic rings. The summed E-state index contributed by atoms with van der Waals surface area (Å²) < 4.78 is 0. The van der Waals surface area contributed by atoms with Crippen LogP contribution in [0.1, 0.15) is 24.1 Å². The number of carbonyl (C=O) groups excluding carboxylic acids is 1. The van der Waals surface area contributed by atoms with Crippen molar-refractivity contribution in [2.75, 3.05) is 6.54 Å². The first kappa shape index (κ1) is 16.8. The lowest BCUT2D eigenvalue weighted by atomic mass is 10.1. The highest BCUT2D eigenvalue weighted by molar-refractivity contribution is 6.30. The topological polar surface area (TPSA) is 41.1 Å². The van der Waals surface area contributed by atoms with Gasteiger partial charge in [0.05, 0.1) is 6.54 Å². The standard InChI is InChI=1S/C17H18Cl2N2O/c1-12(14-5-3-7-16(19)9-14)20-11-17(22)21-10-13-4-2-6-15(18)8-13/h2-9,12,20H,10-11H2,1H3,(H,21,22)/t12-/m1/s1. The van der Waals surface area contributed by atoms with E-state index in [4.69, 9.17) is 23.2 Å². The van der Waals surface area contributed by atoms with Crippen LogP contribution in [-0.4, -0.2) is 12.5 Å². The van der Waals surface area contributed by atoms with Gasteiger partial charge in [0.2, 0.25) is 5.91 Å². The molecule has 1 atom stereocenters. The molecule has 0 spiro atoms. The Morgan fingerprint density at radius 1 is 1.09 bits per heavy atom. The van der Waals surface area contributed by atoms with Gasteiger partial charge in [-0.1, -0.05) is 47.5 Å². The van der Waals surface area contributed by atoms with Crippen molar-refractivity contribution in [3.8, 4) is 0 Å². The van der Waals surface area contributed by atoms with Crippen molar-refractivity contribution in [3.05, 3.63) is 69.7 Å². The van der Waals surface area contributed by atoms with Crippen molar-refractivity contribution in [2.24, 2.45) is 0 Å². The molecule has 5 heteroatoms. The van der Waals surface area contributed by atoms with E-state index in [9.17, 15) is 4.79 Å².